The molecule has 0 amide bonds. The number of pyridine rings is 1. The molecule has 0 aromatic carbocycles. The summed E-state index contributed by atoms with van der Waals surface area (Å²) in [7, 11) is 0. The fraction of sp³-hybridized carbons (Fsp3) is 0.350. The second kappa shape index (κ2) is 6.71. The Labute approximate surface area is 166 Å². The molecule has 9 heteroatoms. The SMILES string of the molecule is Cc1cnc2cc(OC[C@H]3C[C@@H](n4ccc5c(N)ncnc54)[C@H](O)[C@@H]3O)ccn12. The number of rotatable bonds is 4. The summed E-state index contributed by atoms with van der Waals surface area (Å²) >= 11 is 0. The Hall–Kier alpha value is -3.17. The van der Waals surface area contributed by atoms with E-state index in [2.05, 4.69) is 15.0 Å². The Bertz CT molecular complexity index is 1190. The van der Waals surface area contributed by atoms with Gasteiger partial charge in [-0.1, -0.05) is 0 Å². The summed E-state index contributed by atoms with van der Waals surface area (Å²) < 4.78 is 9.75. The number of nitrogen functional groups attached to an aromatic ring is 1. The summed E-state index contributed by atoms with van der Waals surface area (Å²) in [6, 6.07) is 5.25. The first-order valence-electron chi connectivity index (χ1n) is 9.52. The van der Waals surface area contributed by atoms with Gasteiger partial charge in [0.25, 0.3) is 0 Å². The zero-order chi connectivity index (χ0) is 20.1. The number of aliphatic hydroxyl groups excluding tert-OH is 2. The van der Waals surface area contributed by atoms with E-state index < -0.39 is 12.2 Å². The van der Waals surface area contributed by atoms with Gasteiger partial charge in [-0.3, -0.25) is 0 Å². The van der Waals surface area contributed by atoms with Gasteiger partial charge in [-0.05, 0) is 25.5 Å². The van der Waals surface area contributed by atoms with E-state index in [0.717, 1.165) is 16.7 Å². The maximum atomic E-state index is 10.7. The van der Waals surface area contributed by atoms with E-state index in [4.69, 9.17) is 10.5 Å². The predicted octanol–water partition coefficient (Wildman–Crippen LogP) is 1.33. The third kappa shape index (κ3) is 2.90. The van der Waals surface area contributed by atoms with Crippen molar-refractivity contribution in [1.29, 1.82) is 0 Å². The van der Waals surface area contributed by atoms with Crippen LogP contribution < -0.4 is 10.5 Å². The van der Waals surface area contributed by atoms with Crippen LogP contribution in [-0.2, 0) is 0 Å². The van der Waals surface area contributed by atoms with Gasteiger partial charge < -0.3 is 29.7 Å². The van der Waals surface area contributed by atoms with Crippen molar-refractivity contribution in [3.63, 3.8) is 0 Å². The van der Waals surface area contributed by atoms with Crippen molar-refractivity contribution in [2.24, 2.45) is 5.92 Å². The molecule has 0 bridgehead atoms. The number of aromatic nitrogens is 5. The second-order valence-electron chi connectivity index (χ2n) is 7.56. The van der Waals surface area contributed by atoms with Crippen LogP contribution in [0.2, 0.25) is 0 Å². The fourth-order valence-corrected chi connectivity index (χ4v) is 4.18. The standard InChI is InChI=1S/C20H22N6O3/c1-11-8-22-16-7-13(2-4-25(11)16)29-9-12-6-15(18(28)17(12)27)26-5-3-14-19(21)23-10-24-20(14)26/h2-5,7-8,10,12,15,17-18,27-28H,6,9H2,1H3,(H2,21,23,24)/t12-,15-,17-,18+/m1/s1. The number of aliphatic hydroxyl groups is 2. The van der Waals surface area contributed by atoms with Crippen LogP contribution in [0.4, 0.5) is 5.82 Å². The number of imidazole rings is 1. The number of ether oxygens (including phenoxy) is 1. The Kier molecular flexibility index (Phi) is 4.14. The zero-order valence-corrected chi connectivity index (χ0v) is 15.9. The average Bonchev–Trinajstić information content (AvgIpc) is 3.39. The van der Waals surface area contributed by atoms with Gasteiger partial charge in [-0.25, -0.2) is 15.0 Å². The summed E-state index contributed by atoms with van der Waals surface area (Å²) in [6.45, 7) is 2.28. The van der Waals surface area contributed by atoms with Gasteiger partial charge in [0.1, 0.15) is 35.3 Å². The lowest BCUT2D eigenvalue weighted by Gasteiger charge is -2.19. The maximum absolute atomic E-state index is 10.7. The van der Waals surface area contributed by atoms with Gasteiger partial charge in [0.2, 0.25) is 0 Å². The molecule has 1 aliphatic rings. The van der Waals surface area contributed by atoms with Crippen molar-refractivity contribution >= 4 is 22.5 Å². The Morgan fingerprint density at radius 2 is 2.03 bits per heavy atom. The molecule has 1 fully saturated rings. The van der Waals surface area contributed by atoms with Crippen LogP contribution in [0.25, 0.3) is 16.7 Å². The van der Waals surface area contributed by atoms with Crippen LogP contribution in [0.5, 0.6) is 5.75 Å². The molecule has 4 N–H and O–H groups in total. The van der Waals surface area contributed by atoms with Crippen molar-refractivity contribution in [1.82, 2.24) is 23.9 Å². The van der Waals surface area contributed by atoms with Gasteiger partial charge in [0.05, 0.1) is 24.1 Å². The number of hydrogen-bond acceptors (Lipinski definition) is 7. The molecular weight excluding hydrogens is 372 g/mol. The minimum Gasteiger partial charge on any atom is -0.493 e. The van der Waals surface area contributed by atoms with Crippen LogP contribution in [0.15, 0.2) is 43.1 Å². The van der Waals surface area contributed by atoms with Crippen molar-refractivity contribution in [3.05, 3.63) is 48.8 Å². The lowest BCUT2D eigenvalue weighted by Crippen LogP contribution is -2.31. The molecule has 0 aliphatic heterocycles. The predicted molar refractivity (Wildman–Crippen MR) is 107 cm³/mol. The maximum Gasteiger partial charge on any atom is 0.145 e. The largest absolute Gasteiger partial charge is 0.493 e. The Balaban J connectivity index is 1.34. The van der Waals surface area contributed by atoms with E-state index in [1.165, 1.54) is 6.33 Å². The van der Waals surface area contributed by atoms with Crippen molar-refractivity contribution < 1.29 is 14.9 Å². The summed E-state index contributed by atoms with van der Waals surface area (Å²) in [5.41, 5.74) is 8.41. The van der Waals surface area contributed by atoms with Gasteiger partial charge in [-0.2, -0.15) is 0 Å². The van der Waals surface area contributed by atoms with Crippen molar-refractivity contribution in [3.8, 4) is 5.75 Å². The monoisotopic (exact) mass is 394 g/mol. The highest BCUT2D eigenvalue weighted by atomic mass is 16.5. The quantitative estimate of drug-likeness (QED) is 0.477. The lowest BCUT2D eigenvalue weighted by atomic mass is 10.1. The normalized spacial score (nSPS) is 24.5. The Morgan fingerprint density at radius 3 is 2.90 bits per heavy atom. The van der Waals surface area contributed by atoms with E-state index in [1.807, 2.05) is 46.5 Å². The number of nitrogens with two attached hydrogens (primary N) is 1. The second-order valence-corrected chi connectivity index (χ2v) is 7.56. The van der Waals surface area contributed by atoms with Crippen LogP contribution in [0.1, 0.15) is 18.2 Å². The Morgan fingerprint density at radius 1 is 1.17 bits per heavy atom. The van der Waals surface area contributed by atoms with Gasteiger partial charge in [0.15, 0.2) is 0 Å². The molecule has 4 aromatic heterocycles. The van der Waals surface area contributed by atoms with E-state index >= 15 is 0 Å². The number of anilines is 1. The molecule has 1 aliphatic carbocycles. The molecule has 0 unspecified atom stereocenters. The number of hydrogen-bond donors (Lipinski definition) is 3. The molecule has 4 heterocycles. The summed E-state index contributed by atoms with van der Waals surface area (Å²) in [5.74, 6) is 0.857. The molecule has 4 aromatic rings. The van der Waals surface area contributed by atoms with E-state index in [-0.39, 0.29) is 12.0 Å². The first kappa shape index (κ1) is 17.9. The van der Waals surface area contributed by atoms with E-state index in [9.17, 15) is 10.2 Å². The van der Waals surface area contributed by atoms with Crippen LogP contribution >= 0.6 is 0 Å². The highest BCUT2D eigenvalue weighted by Crippen LogP contribution is 2.38. The van der Waals surface area contributed by atoms with E-state index in [0.29, 0.717) is 30.2 Å². The van der Waals surface area contributed by atoms with Crippen LogP contribution in [0.3, 0.4) is 0 Å². The van der Waals surface area contributed by atoms with Crippen molar-refractivity contribution in [2.75, 3.05) is 12.3 Å². The average molecular weight is 394 g/mol. The molecule has 150 valence electrons. The summed E-state index contributed by atoms with van der Waals surface area (Å²) in [6.07, 6.45) is 5.68. The highest BCUT2D eigenvalue weighted by molar-refractivity contribution is 5.86. The molecule has 9 nitrogen and oxygen atoms in total. The van der Waals surface area contributed by atoms with Crippen LogP contribution in [0, 0.1) is 12.8 Å². The molecular formula is C20H22N6O3. The van der Waals surface area contributed by atoms with Gasteiger partial charge in [-0.15, -0.1) is 0 Å². The molecule has 0 radical (unpaired) electrons. The molecule has 4 atom stereocenters. The minimum atomic E-state index is -0.923. The molecule has 5 rings (SSSR count). The molecule has 0 saturated heterocycles. The van der Waals surface area contributed by atoms with Crippen LogP contribution in [-0.4, -0.2) is 52.9 Å². The zero-order valence-electron chi connectivity index (χ0n) is 15.9. The topological polar surface area (TPSA) is 124 Å². The molecule has 0 spiro atoms. The molecule has 1 saturated carbocycles. The van der Waals surface area contributed by atoms with Crippen molar-refractivity contribution in [2.45, 2.75) is 31.6 Å². The lowest BCUT2D eigenvalue weighted by molar-refractivity contribution is -0.00142. The highest BCUT2D eigenvalue weighted by Gasteiger charge is 2.43. The fourth-order valence-electron chi connectivity index (χ4n) is 4.18. The first-order valence-corrected chi connectivity index (χ1v) is 9.52. The minimum absolute atomic E-state index is 0.218. The van der Waals surface area contributed by atoms with Gasteiger partial charge in [0, 0.05) is 36.3 Å². The number of fused-ring (bicyclic) bond motifs is 2. The number of nitrogens with zero attached hydrogens (tertiary/aromatic N) is 5. The summed E-state index contributed by atoms with van der Waals surface area (Å²) in [4.78, 5) is 12.6. The third-order valence-electron chi connectivity index (χ3n) is 5.80. The number of aryl methyl sites for hydroxylation is 1. The third-order valence-corrected chi connectivity index (χ3v) is 5.80. The smallest absolute Gasteiger partial charge is 0.145 e. The first-order chi connectivity index (χ1) is 14.0. The van der Waals surface area contributed by atoms with E-state index in [1.54, 1.807) is 6.20 Å². The van der Waals surface area contributed by atoms with Gasteiger partial charge >= 0.3 is 0 Å². The summed E-state index contributed by atoms with van der Waals surface area (Å²) in [5, 5.41) is 22.0. The molecule has 29 heavy (non-hydrogen) atoms.